The monoisotopic (exact) mass is 596 g/mol. The van der Waals surface area contributed by atoms with E-state index in [2.05, 4.69) is 50.1 Å². The van der Waals surface area contributed by atoms with Gasteiger partial charge >= 0.3 is 0 Å². The molecule has 2 aromatic heterocycles. The second-order valence-corrected chi connectivity index (χ2v) is 12.0. The number of amides is 2. The van der Waals surface area contributed by atoms with Gasteiger partial charge in [0.15, 0.2) is 0 Å². The number of methoxy groups -OCH3 is 2. The Hall–Kier alpha value is -3.32. The van der Waals surface area contributed by atoms with Crippen LogP contribution in [0.3, 0.4) is 0 Å². The number of rotatable bonds is 15. The number of carbonyl (C=O) groups is 2. The van der Waals surface area contributed by atoms with Crippen molar-refractivity contribution < 1.29 is 19.1 Å². The van der Waals surface area contributed by atoms with Gasteiger partial charge in [-0.1, -0.05) is 78.2 Å². The van der Waals surface area contributed by atoms with E-state index in [4.69, 9.17) is 9.47 Å². The first-order chi connectivity index (χ1) is 20.0. The fourth-order valence-electron chi connectivity index (χ4n) is 4.42. The fourth-order valence-corrected chi connectivity index (χ4v) is 5.98. The number of carbonyl (C=O) groups excluding carboxylic acids is 2. The van der Waals surface area contributed by atoms with Crippen LogP contribution in [0.25, 0.3) is 0 Å². The van der Waals surface area contributed by atoms with Crippen molar-refractivity contribution >= 4 is 44.8 Å². The van der Waals surface area contributed by atoms with Crippen molar-refractivity contribution in [3.8, 4) is 0 Å². The average molecular weight is 597 g/mol. The third kappa shape index (κ3) is 9.09. The van der Waals surface area contributed by atoms with Crippen molar-refractivity contribution in [2.24, 2.45) is 11.8 Å². The molecular weight excluding hydrogens is 560 g/mol. The molecule has 12 heteroatoms. The second kappa shape index (κ2) is 15.6. The Morgan fingerprint density at radius 1 is 0.878 bits per heavy atom. The van der Waals surface area contributed by atoms with E-state index in [0.29, 0.717) is 22.8 Å². The van der Waals surface area contributed by atoms with Crippen LogP contribution in [0.4, 0.5) is 10.3 Å². The van der Waals surface area contributed by atoms with E-state index in [-0.39, 0.29) is 24.3 Å². The normalized spacial score (nSPS) is 16.2. The van der Waals surface area contributed by atoms with E-state index in [1.54, 1.807) is 14.2 Å². The Kier molecular flexibility index (Phi) is 11.7. The molecular formula is C29H36N6O4S2. The molecule has 0 fully saturated rings. The number of hydrogen-bond acceptors (Lipinski definition) is 10. The predicted molar refractivity (Wildman–Crippen MR) is 161 cm³/mol. The van der Waals surface area contributed by atoms with Crippen molar-refractivity contribution in [3.05, 3.63) is 69.7 Å². The molecule has 2 amide bonds. The zero-order valence-corrected chi connectivity index (χ0v) is 25.2. The summed E-state index contributed by atoms with van der Waals surface area (Å²) in [6, 6.07) is 9.54. The van der Waals surface area contributed by atoms with E-state index in [9.17, 15) is 9.59 Å². The van der Waals surface area contributed by atoms with Gasteiger partial charge in [-0.2, -0.15) is 0 Å². The van der Waals surface area contributed by atoms with Gasteiger partial charge in [0.05, 0.1) is 25.0 Å². The van der Waals surface area contributed by atoms with Crippen LogP contribution in [0.5, 0.6) is 0 Å². The lowest BCUT2D eigenvalue weighted by Crippen LogP contribution is -2.28. The van der Waals surface area contributed by atoms with Crippen molar-refractivity contribution in [3.63, 3.8) is 0 Å². The Morgan fingerprint density at radius 2 is 1.44 bits per heavy atom. The number of allylic oxidation sites excluding steroid dienone is 3. The maximum absolute atomic E-state index is 12.9. The fraction of sp³-hybridized carbons (Fsp3) is 0.448. The number of nitrogens with zero attached hydrogens (tertiary/aromatic N) is 4. The summed E-state index contributed by atoms with van der Waals surface area (Å²) >= 11 is 2.77. The summed E-state index contributed by atoms with van der Waals surface area (Å²) in [4.78, 5) is 25.8. The van der Waals surface area contributed by atoms with E-state index in [1.807, 2.05) is 36.4 Å². The Balaban J connectivity index is 1.21. The molecule has 10 nitrogen and oxygen atoms in total. The third-order valence-corrected chi connectivity index (χ3v) is 8.47. The van der Waals surface area contributed by atoms with Gasteiger partial charge in [-0.05, 0) is 36.3 Å². The highest BCUT2D eigenvalue weighted by molar-refractivity contribution is 7.15. The van der Waals surface area contributed by atoms with Gasteiger partial charge < -0.3 is 9.47 Å². The molecule has 1 aliphatic carbocycles. The maximum Gasteiger partial charge on any atom is 0.236 e. The summed E-state index contributed by atoms with van der Waals surface area (Å²) in [5.41, 5.74) is 1.86. The molecule has 0 saturated carbocycles. The smallest absolute Gasteiger partial charge is 0.236 e. The Bertz CT molecular complexity index is 1340. The lowest BCUT2D eigenvalue weighted by Gasteiger charge is -2.20. The van der Waals surface area contributed by atoms with E-state index in [0.717, 1.165) is 53.3 Å². The van der Waals surface area contributed by atoms with Gasteiger partial charge in [0.2, 0.25) is 22.1 Å². The van der Waals surface area contributed by atoms with Crippen molar-refractivity contribution in [2.45, 2.75) is 44.9 Å². The molecule has 218 valence electrons. The summed E-state index contributed by atoms with van der Waals surface area (Å²) in [5, 5.41) is 25.3. The molecule has 0 bridgehead atoms. The van der Waals surface area contributed by atoms with E-state index >= 15 is 0 Å². The number of hydrogen-bond donors (Lipinski definition) is 2. The SMILES string of the molecule is COCC(C(=O)Nc1nnc(CCCCc2nnc(NC(=O)C(COC)c3ccccc3)s2)s1)C1=CCC(C)C=C1. The van der Waals surface area contributed by atoms with Gasteiger partial charge in [-0.15, -0.1) is 20.4 Å². The number of anilines is 2. The van der Waals surface area contributed by atoms with Gasteiger partial charge in [0.25, 0.3) is 0 Å². The lowest BCUT2D eigenvalue weighted by atomic mass is 9.90. The van der Waals surface area contributed by atoms with Crippen molar-refractivity contribution in [1.29, 1.82) is 0 Å². The van der Waals surface area contributed by atoms with Crippen LogP contribution in [0, 0.1) is 11.8 Å². The molecule has 2 N–H and O–H groups in total. The molecule has 1 aliphatic rings. The molecule has 2 heterocycles. The van der Waals surface area contributed by atoms with Crippen molar-refractivity contribution in [2.75, 3.05) is 38.1 Å². The minimum Gasteiger partial charge on any atom is -0.384 e. The molecule has 0 saturated heterocycles. The summed E-state index contributed by atoms with van der Waals surface area (Å²) in [6.45, 7) is 2.73. The lowest BCUT2D eigenvalue weighted by molar-refractivity contribution is -0.120. The third-order valence-electron chi connectivity index (χ3n) is 6.67. The first kappa shape index (κ1) is 30.6. The van der Waals surface area contributed by atoms with E-state index < -0.39 is 5.92 Å². The highest BCUT2D eigenvalue weighted by Crippen LogP contribution is 2.26. The number of unbranched alkanes of at least 4 members (excludes halogenated alkanes) is 1. The topological polar surface area (TPSA) is 128 Å². The number of nitrogens with one attached hydrogen (secondary N) is 2. The van der Waals surface area contributed by atoms with Crippen LogP contribution in [0.15, 0.2) is 54.1 Å². The second-order valence-electron chi connectivity index (χ2n) is 9.89. The zero-order valence-electron chi connectivity index (χ0n) is 23.5. The van der Waals surface area contributed by atoms with Gasteiger partial charge in [0, 0.05) is 27.1 Å². The van der Waals surface area contributed by atoms with Crippen molar-refractivity contribution in [1.82, 2.24) is 20.4 Å². The van der Waals surface area contributed by atoms with Crippen LogP contribution in [-0.2, 0) is 31.9 Å². The van der Waals surface area contributed by atoms with Crippen LogP contribution in [0.1, 0.15) is 47.7 Å². The minimum atomic E-state index is -0.425. The number of benzene rings is 1. The van der Waals surface area contributed by atoms with Crippen LogP contribution in [0.2, 0.25) is 0 Å². The highest BCUT2D eigenvalue weighted by Gasteiger charge is 2.24. The molecule has 4 rings (SSSR count). The first-order valence-corrected chi connectivity index (χ1v) is 15.3. The minimum absolute atomic E-state index is 0.142. The molecule has 3 unspecified atom stereocenters. The van der Waals surface area contributed by atoms with Gasteiger partial charge in [-0.25, -0.2) is 0 Å². The molecule has 1 aromatic carbocycles. The standard InChI is InChI=1S/C29H36N6O4S2/c1-19-13-15-21(16-14-19)23(18-39-3)27(37)31-29-35-33-25(41-29)12-8-7-11-24-32-34-28(40-24)30-26(36)22(17-38-2)20-9-5-4-6-10-20/h4-6,9-10,13,15-16,19,22-23H,7-8,11-12,14,17-18H2,1-3H3,(H,30,34,36)(H,31,35,37). The number of aromatic nitrogens is 4. The Morgan fingerprint density at radius 3 is 1.98 bits per heavy atom. The summed E-state index contributed by atoms with van der Waals surface area (Å²) in [5.74, 6) is -0.649. The van der Waals surface area contributed by atoms with Gasteiger partial charge in [-0.3, -0.25) is 20.2 Å². The quantitative estimate of drug-likeness (QED) is 0.233. The molecule has 0 aliphatic heterocycles. The average Bonchev–Trinajstić information content (AvgIpc) is 3.62. The summed E-state index contributed by atoms with van der Waals surface area (Å²) in [6.07, 6.45) is 10.4. The van der Waals surface area contributed by atoms with Crippen LogP contribution >= 0.6 is 22.7 Å². The molecule has 41 heavy (non-hydrogen) atoms. The summed E-state index contributed by atoms with van der Waals surface area (Å²) in [7, 11) is 3.18. The zero-order chi connectivity index (χ0) is 29.0. The Labute approximate surface area is 248 Å². The molecule has 0 spiro atoms. The largest absolute Gasteiger partial charge is 0.384 e. The van der Waals surface area contributed by atoms with Crippen LogP contribution < -0.4 is 10.6 Å². The first-order valence-electron chi connectivity index (χ1n) is 13.6. The highest BCUT2D eigenvalue weighted by atomic mass is 32.1. The molecule has 3 aromatic rings. The number of aryl methyl sites for hydroxylation is 2. The van der Waals surface area contributed by atoms with E-state index in [1.165, 1.54) is 22.7 Å². The number of ether oxygens (including phenoxy) is 2. The van der Waals surface area contributed by atoms with Crippen LogP contribution in [-0.4, -0.2) is 59.6 Å². The summed E-state index contributed by atoms with van der Waals surface area (Å²) < 4.78 is 10.6. The van der Waals surface area contributed by atoms with Gasteiger partial charge in [0.1, 0.15) is 10.0 Å². The predicted octanol–water partition coefficient (Wildman–Crippen LogP) is 5.05. The maximum atomic E-state index is 12.9. The molecule has 0 radical (unpaired) electrons. The molecule has 3 atom stereocenters.